The Bertz CT molecular complexity index is 1910. The van der Waals surface area contributed by atoms with E-state index in [0.717, 1.165) is 33.1 Å². The topological polar surface area (TPSA) is 56.1 Å². The molecule has 0 aliphatic rings. The molecule has 0 aliphatic heterocycles. The molecule has 0 unspecified atom stereocenters. The maximum atomic E-state index is 6.54. The Kier molecular flexibility index (Phi) is 6.16. The second-order valence-electron chi connectivity index (χ2n) is 9.37. The first-order valence-corrected chi connectivity index (χ1v) is 12.8. The van der Waals surface area contributed by atoms with E-state index in [1.165, 1.54) is 33.0 Å². The number of allylic oxidation sites excluding steroid dienone is 1. The average molecular weight is 496 g/mol. The number of benzene rings is 5. The summed E-state index contributed by atoms with van der Waals surface area (Å²) in [5.41, 5.74) is 11.4. The second-order valence-corrected chi connectivity index (χ2v) is 9.37. The molecule has 0 saturated heterocycles. The molecule has 2 aromatic heterocycles. The van der Waals surface area contributed by atoms with Crippen molar-refractivity contribution in [3.63, 3.8) is 0 Å². The first kappa shape index (κ1) is 23.6. The zero-order valence-electron chi connectivity index (χ0n) is 21.5. The van der Waals surface area contributed by atoms with Crippen LogP contribution >= 0.6 is 0 Å². The van der Waals surface area contributed by atoms with Crippen molar-refractivity contribution in [3.05, 3.63) is 127 Å². The van der Waals surface area contributed by atoms with Gasteiger partial charge < -0.3 is 14.4 Å². The first-order chi connectivity index (χ1) is 18.7. The van der Waals surface area contributed by atoms with Crippen LogP contribution in [0.2, 0.25) is 0 Å². The Morgan fingerprint density at radius 1 is 0.711 bits per heavy atom. The van der Waals surface area contributed by atoms with Gasteiger partial charge in [-0.3, -0.25) is 5.84 Å². The first-order valence-electron chi connectivity index (χ1n) is 12.8. The summed E-state index contributed by atoms with van der Waals surface area (Å²) in [6, 6.07) is 38.7. The van der Waals surface area contributed by atoms with Crippen molar-refractivity contribution in [2.45, 2.75) is 13.8 Å². The van der Waals surface area contributed by atoms with Gasteiger partial charge in [0, 0.05) is 28.0 Å². The lowest BCUT2D eigenvalue weighted by molar-refractivity contribution is 0.673. The minimum absolute atomic E-state index is 0.922. The number of aryl methyl sites for hydroxylation is 1. The zero-order chi connectivity index (χ0) is 26.1. The maximum absolute atomic E-state index is 6.54. The fourth-order valence-electron chi connectivity index (χ4n) is 5.21. The molecule has 186 valence electrons. The monoisotopic (exact) mass is 495 g/mol. The quantitative estimate of drug-likeness (QED) is 0.190. The molecule has 2 heterocycles. The van der Waals surface area contributed by atoms with Crippen LogP contribution in [0.4, 0.5) is 0 Å². The van der Waals surface area contributed by atoms with E-state index >= 15 is 0 Å². The highest BCUT2D eigenvalue weighted by atomic mass is 16.3. The van der Waals surface area contributed by atoms with Crippen LogP contribution in [0.15, 0.2) is 126 Å². The van der Waals surface area contributed by atoms with Gasteiger partial charge in [0.25, 0.3) is 0 Å². The third-order valence-corrected chi connectivity index (χ3v) is 6.91. The molecule has 0 spiro atoms. The molecular formula is C34H29N3O. The van der Waals surface area contributed by atoms with Gasteiger partial charge in [-0.15, -0.1) is 0 Å². The number of nitrogens with one attached hydrogen (secondary N) is 1. The van der Waals surface area contributed by atoms with Crippen molar-refractivity contribution in [1.82, 2.24) is 9.99 Å². The van der Waals surface area contributed by atoms with Crippen molar-refractivity contribution >= 4 is 43.7 Å². The van der Waals surface area contributed by atoms with Crippen molar-refractivity contribution in [2.24, 2.45) is 5.84 Å². The van der Waals surface area contributed by atoms with Crippen molar-refractivity contribution < 1.29 is 4.42 Å². The van der Waals surface area contributed by atoms with Crippen LogP contribution in [0.1, 0.15) is 12.5 Å². The lowest BCUT2D eigenvalue weighted by atomic mass is 10.0. The highest BCUT2D eigenvalue weighted by molar-refractivity contribution is 6.24. The number of hydrogen-bond acceptors (Lipinski definition) is 3. The predicted molar refractivity (Wildman–Crippen MR) is 160 cm³/mol. The molecule has 0 atom stereocenters. The molecule has 7 aromatic rings. The minimum Gasteiger partial charge on any atom is -0.455 e. The number of hydrogen-bond donors (Lipinski definition) is 2. The summed E-state index contributed by atoms with van der Waals surface area (Å²) in [4.78, 5) is 0. The Labute approximate surface area is 221 Å². The molecule has 3 N–H and O–H groups in total. The summed E-state index contributed by atoms with van der Waals surface area (Å²) in [5, 5.41) is 4.71. The van der Waals surface area contributed by atoms with E-state index in [1.807, 2.05) is 13.0 Å². The smallest absolute Gasteiger partial charge is 0.145 e. The van der Waals surface area contributed by atoms with Gasteiger partial charge in [-0.25, -0.2) is 0 Å². The summed E-state index contributed by atoms with van der Waals surface area (Å²) >= 11 is 0. The molecular weight excluding hydrogens is 466 g/mol. The average Bonchev–Trinajstić information content (AvgIpc) is 3.49. The zero-order valence-corrected chi connectivity index (χ0v) is 21.5. The van der Waals surface area contributed by atoms with Gasteiger partial charge in [0.1, 0.15) is 11.2 Å². The summed E-state index contributed by atoms with van der Waals surface area (Å²) in [5.74, 6) is 4.80. The van der Waals surface area contributed by atoms with Crippen molar-refractivity contribution in [3.8, 4) is 16.8 Å². The minimum atomic E-state index is 0.922. The predicted octanol–water partition coefficient (Wildman–Crippen LogP) is 8.64. The fraction of sp³-hybridized carbons (Fsp3) is 0.0588. The van der Waals surface area contributed by atoms with E-state index in [2.05, 4.69) is 126 Å². The third-order valence-electron chi connectivity index (χ3n) is 6.91. The Balaban J connectivity index is 0.000000487. The number of para-hydroxylation sites is 1. The molecule has 4 nitrogen and oxygen atoms in total. The highest BCUT2D eigenvalue weighted by Gasteiger charge is 2.19. The molecule has 38 heavy (non-hydrogen) atoms. The molecule has 5 aromatic carbocycles. The van der Waals surface area contributed by atoms with Crippen LogP contribution in [0.3, 0.4) is 0 Å². The summed E-state index contributed by atoms with van der Waals surface area (Å²) in [6.07, 6.45) is 3.47. The van der Waals surface area contributed by atoms with E-state index in [9.17, 15) is 0 Å². The van der Waals surface area contributed by atoms with Crippen LogP contribution in [-0.4, -0.2) is 4.57 Å². The van der Waals surface area contributed by atoms with Crippen LogP contribution in [0.5, 0.6) is 0 Å². The third kappa shape index (κ3) is 4.01. The van der Waals surface area contributed by atoms with E-state index in [0.29, 0.717) is 0 Å². The van der Waals surface area contributed by atoms with E-state index in [-0.39, 0.29) is 0 Å². The van der Waals surface area contributed by atoms with Crippen molar-refractivity contribution in [2.75, 3.05) is 0 Å². The molecule has 0 saturated carbocycles. The van der Waals surface area contributed by atoms with E-state index in [4.69, 9.17) is 10.3 Å². The number of furan rings is 1. The van der Waals surface area contributed by atoms with Gasteiger partial charge in [-0.1, -0.05) is 72.3 Å². The molecule has 0 fully saturated rings. The molecule has 7 rings (SSSR count). The Hall–Kier alpha value is -4.80. The number of fused-ring (bicyclic) bond motifs is 7. The number of aromatic nitrogens is 1. The number of hydrazine groups is 1. The fourth-order valence-corrected chi connectivity index (χ4v) is 5.21. The number of nitrogens with zero attached hydrogens (tertiary/aromatic N) is 1. The normalized spacial score (nSPS) is 11.4. The van der Waals surface area contributed by atoms with E-state index in [1.54, 1.807) is 6.20 Å². The molecule has 0 amide bonds. The Morgan fingerprint density at radius 2 is 1.45 bits per heavy atom. The molecule has 0 aliphatic carbocycles. The lowest BCUT2D eigenvalue weighted by Gasteiger charge is -2.07. The van der Waals surface area contributed by atoms with Gasteiger partial charge in [0.05, 0.1) is 16.4 Å². The Morgan fingerprint density at radius 3 is 2.16 bits per heavy atom. The summed E-state index contributed by atoms with van der Waals surface area (Å²) < 4.78 is 8.88. The van der Waals surface area contributed by atoms with Crippen LogP contribution in [0, 0.1) is 6.92 Å². The highest BCUT2D eigenvalue weighted by Crippen LogP contribution is 2.41. The molecule has 0 bridgehead atoms. The second kappa shape index (κ2) is 9.92. The standard InChI is InChI=1S/C31H21NO.C3H8N2/c1-20-12-15-27-26(18-20)30-28(32(27)23-10-6-3-7-11-23)16-14-24-25-19-22(21-8-4-2-5-9-21)13-17-29(25)33-31(24)30;1-2-3-5-4/h2-19H,1H3;2-3,5H,4H2,1H3/b;3-2-. The van der Waals surface area contributed by atoms with E-state index < -0.39 is 0 Å². The van der Waals surface area contributed by atoms with Crippen molar-refractivity contribution in [1.29, 1.82) is 0 Å². The lowest BCUT2D eigenvalue weighted by Crippen LogP contribution is -2.12. The van der Waals surface area contributed by atoms with Gasteiger partial charge in [-0.2, -0.15) is 0 Å². The van der Waals surface area contributed by atoms with Gasteiger partial charge in [0.2, 0.25) is 0 Å². The van der Waals surface area contributed by atoms with Gasteiger partial charge >= 0.3 is 0 Å². The number of rotatable bonds is 3. The van der Waals surface area contributed by atoms with Crippen LogP contribution in [-0.2, 0) is 0 Å². The van der Waals surface area contributed by atoms with Gasteiger partial charge in [-0.05, 0) is 73.5 Å². The molecule has 4 heteroatoms. The largest absolute Gasteiger partial charge is 0.455 e. The SMILES string of the molecule is C/C=C\NN.Cc1ccc2c(c1)c1c3oc4ccc(-c5ccccc5)cc4c3ccc1n2-c1ccccc1. The summed E-state index contributed by atoms with van der Waals surface area (Å²) in [7, 11) is 0. The maximum Gasteiger partial charge on any atom is 0.145 e. The van der Waals surface area contributed by atoms with Gasteiger partial charge in [0.15, 0.2) is 0 Å². The van der Waals surface area contributed by atoms with Crippen LogP contribution in [0.25, 0.3) is 60.6 Å². The summed E-state index contributed by atoms with van der Waals surface area (Å²) in [6.45, 7) is 4.04. The molecule has 0 radical (unpaired) electrons. The number of nitrogens with two attached hydrogens (primary N) is 1. The van der Waals surface area contributed by atoms with Crippen LogP contribution < -0.4 is 11.3 Å².